The summed E-state index contributed by atoms with van der Waals surface area (Å²) in [5, 5.41) is 21.0. The second-order valence-corrected chi connectivity index (χ2v) is 7.83. The summed E-state index contributed by atoms with van der Waals surface area (Å²) in [6.07, 6.45) is -0.0457. The number of benzene rings is 2. The van der Waals surface area contributed by atoms with E-state index < -0.39 is 22.5 Å². The van der Waals surface area contributed by atoms with Gasteiger partial charge in [0.2, 0.25) is 0 Å². The van der Waals surface area contributed by atoms with Crippen molar-refractivity contribution in [2.24, 2.45) is 5.41 Å². The van der Waals surface area contributed by atoms with Crippen LogP contribution in [0.25, 0.3) is 0 Å². The zero-order chi connectivity index (χ0) is 20.9. The Hall–Kier alpha value is -2.96. The van der Waals surface area contributed by atoms with Gasteiger partial charge in [0.05, 0.1) is 11.0 Å². The van der Waals surface area contributed by atoms with Crippen LogP contribution in [0.2, 0.25) is 0 Å². The number of aryl methyl sites for hydroxylation is 1. The van der Waals surface area contributed by atoms with E-state index in [2.05, 4.69) is 0 Å². The van der Waals surface area contributed by atoms with Crippen LogP contribution in [0.1, 0.15) is 44.4 Å². The highest BCUT2D eigenvalue weighted by molar-refractivity contribution is 5.66. The second-order valence-electron chi connectivity index (χ2n) is 7.83. The van der Waals surface area contributed by atoms with Crippen LogP contribution in [0, 0.1) is 21.3 Å². The van der Waals surface area contributed by atoms with Gasteiger partial charge < -0.3 is 10.0 Å². The smallest absolute Gasteiger partial charge is 0.407 e. The van der Waals surface area contributed by atoms with Crippen LogP contribution in [-0.2, 0) is 6.42 Å². The van der Waals surface area contributed by atoms with E-state index in [1.54, 1.807) is 24.3 Å². The van der Waals surface area contributed by atoms with Crippen molar-refractivity contribution in [2.75, 3.05) is 6.54 Å². The third-order valence-electron chi connectivity index (χ3n) is 4.53. The van der Waals surface area contributed by atoms with Gasteiger partial charge in [0.15, 0.2) is 0 Å². The van der Waals surface area contributed by atoms with Crippen LogP contribution >= 0.6 is 0 Å². The van der Waals surface area contributed by atoms with Crippen molar-refractivity contribution in [1.82, 2.24) is 4.90 Å². The highest BCUT2D eigenvalue weighted by atomic mass is 19.1. The molecule has 150 valence electrons. The Kier molecular flexibility index (Phi) is 6.72. The van der Waals surface area contributed by atoms with Gasteiger partial charge in [-0.3, -0.25) is 10.1 Å². The van der Waals surface area contributed by atoms with Gasteiger partial charge in [-0.15, -0.1) is 0 Å². The van der Waals surface area contributed by atoms with E-state index in [0.29, 0.717) is 18.4 Å². The summed E-state index contributed by atoms with van der Waals surface area (Å²) in [7, 11) is 0. The van der Waals surface area contributed by atoms with Crippen molar-refractivity contribution in [3.8, 4) is 0 Å². The number of hydrogen-bond donors (Lipinski definition) is 1. The van der Waals surface area contributed by atoms with Crippen molar-refractivity contribution in [1.29, 1.82) is 0 Å². The molecule has 0 heterocycles. The summed E-state index contributed by atoms with van der Waals surface area (Å²) in [6.45, 7) is 5.94. The number of halogens is 1. The highest BCUT2D eigenvalue weighted by Crippen LogP contribution is 2.39. The number of carbonyl (C=O) groups is 1. The topological polar surface area (TPSA) is 83.7 Å². The third kappa shape index (κ3) is 5.52. The Labute approximate surface area is 163 Å². The molecule has 1 N–H and O–H groups in total. The number of hydrogen-bond acceptors (Lipinski definition) is 3. The van der Waals surface area contributed by atoms with Gasteiger partial charge in [0.25, 0.3) is 5.69 Å². The molecule has 2 rings (SSSR count). The summed E-state index contributed by atoms with van der Waals surface area (Å²) >= 11 is 0. The van der Waals surface area contributed by atoms with Crippen molar-refractivity contribution in [2.45, 2.75) is 39.7 Å². The fourth-order valence-electron chi connectivity index (χ4n) is 3.44. The van der Waals surface area contributed by atoms with Crippen LogP contribution in [0.4, 0.5) is 14.9 Å². The average Bonchev–Trinajstić information content (AvgIpc) is 2.60. The Morgan fingerprint density at radius 2 is 1.89 bits per heavy atom. The molecule has 7 heteroatoms. The highest BCUT2D eigenvalue weighted by Gasteiger charge is 2.35. The fraction of sp³-hybridized carbons (Fsp3) is 0.381. The monoisotopic (exact) mass is 388 g/mol. The predicted octanol–water partition coefficient (Wildman–Crippen LogP) is 5.43. The lowest BCUT2D eigenvalue weighted by atomic mass is 9.81. The molecule has 0 fully saturated rings. The first-order valence-corrected chi connectivity index (χ1v) is 9.08. The number of rotatable bonds is 7. The number of nitro groups is 1. The van der Waals surface area contributed by atoms with Crippen LogP contribution in [-0.4, -0.2) is 27.6 Å². The average molecular weight is 388 g/mol. The van der Waals surface area contributed by atoms with Gasteiger partial charge in [-0.1, -0.05) is 45.0 Å². The maximum Gasteiger partial charge on any atom is 0.407 e. The molecule has 1 atom stereocenters. The van der Waals surface area contributed by atoms with Crippen LogP contribution in [0.3, 0.4) is 0 Å². The Balaban J connectivity index is 2.26. The van der Waals surface area contributed by atoms with Crippen molar-refractivity contribution >= 4 is 11.8 Å². The molecular formula is C21H25FN2O4. The molecule has 1 unspecified atom stereocenters. The van der Waals surface area contributed by atoms with Crippen LogP contribution in [0.5, 0.6) is 0 Å². The lowest BCUT2D eigenvalue weighted by Gasteiger charge is -2.39. The third-order valence-corrected chi connectivity index (χ3v) is 4.53. The molecule has 2 aromatic carbocycles. The summed E-state index contributed by atoms with van der Waals surface area (Å²) in [5.74, 6) is -0.322. The van der Waals surface area contributed by atoms with E-state index in [0.717, 1.165) is 5.56 Å². The molecule has 0 spiro atoms. The summed E-state index contributed by atoms with van der Waals surface area (Å²) < 4.78 is 13.3. The molecule has 0 saturated carbocycles. The number of nitro benzene ring substituents is 1. The normalized spacial score (nSPS) is 12.4. The number of non-ortho nitro benzene ring substituents is 1. The number of amides is 1. The van der Waals surface area contributed by atoms with E-state index in [1.807, 2.05) is 20.8 Å². The standard InChI is InChI=1S/C21H25FN2O4/c1-21(2,3)19(16-9-5-11-18(14-16)24(27)28)23(20(25)26)12-6-8-15-7-4-10-17(22)13-15/h4-5,7,9-11,13-14,19H,6,8,12H2,1-3H3,(H,25,26). The number of nitrogens with zero attached hydrogens (tertiary/aromatic N) is 2. The van der Waals surface area contributed by atoms with E-state index in [4.69, 9.17) is 0 Å². The molecule has 0 radical (unpaired) electrons. The molecule has 0 aliphatic carbocycles. The first-order chi connectivity index (χ1) is 13.1. The predicted molar refractivity (Wildman–Crippen MR) is 105 cm³/mol. The van der Waals surface area contributed by atoms with Gasteiger partial charge in [-0.2, -0.15) is 0 Å². The Bertz CT molecular complexity index is 848. The quantitative estimate of drug-likeness (QED) is 0.506. The zero-order valence-electron chi connectivity index (χ0n) is 16.3. The molecule has 0 bridgehead atoms. The van der Waals surface area contributed by atoms with Crippen LogP contribution in [0.15, 0.2) is 48.5 Å². The van der Waals surface area contributed by atoms with Gasteiger partial charge >= 0.3 is 6.09 Å². The maximum absolute atomic E-state index is 13.3. The Morgan fingerprint density at radius 3 is 2.46 bits per heavy atom. The molecule has 6 nitrogen and oxygen atoms in total. The molecule has 0 aliphatic rings. The number of carboxylic acid groups (broad SMARTS) is 1. The summed E-state index contributed by atoms with van der Waals surface area (Å²) in [6, 6.07) is 11.8. The zero-order valence-corrected chi connectivity index (χ0v) is 16.3. The minimum atomic E-state index is -1.09. The van der Waals surface area contributed by atoms with Gasteiger partial charge in [-0.05, 0) is 41.5 Å². The molecule has 2 aromatic rings. The maximum atomic E-state index is 13.3. The molecule has 0 aromatic heterocycles. The van der Waals surface area contributed by atoms with Gasteiger partial charge in [-0.25, -0.2) is 9.18 Å². The van der Waals surface area contributed by atoms with E-state index >= 15 is 0 Å². The van der Waals surface area contributed by atoms with Gasteiger partial charge in [0.1, 0.15) is 5.82 Å². The largest absolute Gasteiger partial charge is 0.465 e. The molecule has 0 saturated heterocycles. The van der Waals surface area contributed by atoms with Crippen molar-refractivity contribution < 1.29 is 19.2 Å². The second kappa shape index (κ2) is 8.82. The first kappa shape index (κ1) is 21.3. The summed E-state index contributed by atoms with van der Waals surface area (Å²) in [4.78, 5) is 24.0. The Morgan fingerprint density at radius 1 is 1.21 bits per heavy atom. The minimum absolute atomic E-state index is 0.0724. The first-order valence-electron chi connectivity index (χ1n) is 9.08. The van der Waals surface area contributed by atoms with Crippen LogP contribution < -0.4 is 0 Å². The molecule has 28 heavy (non-hydrogen) atoms. The van der Waals surface area contributed by atoms with Crippen molar-refractivity contribution in [3.63, 3.8) is 0 Å². The molecular weight excluding hydrogens is 363 g/mol. The minimum Gasteiger partial charge on any atom is -0.465 e. The van der Waals surface area contributed by atoms with Crippen molar-refractivity contribution in [3.05, 3.63) is 75.6 Å². The molecule has 0 aliphatic heterocycles. The van der Waals surface area contributed by atoms with Gasteiger partial charge in [0, 0.05) is 18.7 Å². The van der Waals surface area contributed by atoms with E-state index in [9.17, 15) is 24.4 Å². The lowest BCUT2D eigenvalue weighted by molar-refractivity contribution is -0.385. The van der Waals surface area contributed by atoms with E-state index in [-0.39, 0.29) is 18.0 Å². The van der Waals surface area contributed by atoms with E-state index in [1.165, 1.54) is 29.2 Å². The lowest BCUT2D eigenvalue weighted by Crippen LogP contribution is -2.41. The SMILES string of the molecule is CC(C)(C)C(c1cccc([N+](=O)[O-])c1)N(CCCc1cccc(F)c1)C(=O)O. The molecule has 1 amide bonds. The summed E-state index contributed by atoms with van der Waals surface area (Å²) in [5.41, 5.74) is 0.826. The fourth-order valence-corrected chi connectivity index (χ4v) is 3.44.